The normalized spacial score (nSPS) is 18.0. The number of anilines is 3. The molecule has 4 N–H and O–H groups in total. The number of nitrogens with zero attached hydrogens (tertiary/aromatic N) is 2. The van der Waals surface area contributed by atoms with Crippen LogP contribution in [0.2, 0.25) is 0 Å². The number of likely N-dealkylation sites (N-methyl/N-ethyl adjacent to an activating group) is 1. The first kappa shape index (κ1) is 31.4. The van der Waals surface area contributed by atoms with Gasteiger partial charge in [-0.25, -0.2) is 14.0 Å². The summed E-state index contributed by atoms with van der Waals surface area (Å²) in [4.78, 5) is 42.4. The summed E-state index contributed by atoms with van der Waals surface area (Å²) in [6.45, 7) is 4.08. The number of fused-ring (bicyclic) bond motifs is 2. The Hall–Kier alpha value is -5.04. The molecule has 3 atom stereocenters. The highest BCUT2D eigenvalue weighted by atomic mass is 19.1. The van der Waals surface area contributed by atoms with E-state index in [1.54, 1.807) is 55.3 Å². The minimum absolute atomic E-state index is 0.0331. The second kappa shape index (κ2) is 13.7. The van der Waals surface area contributed by atoms with E-state index in [2.05, 4.69) is 16.0 Å². The van der Waals surface area contributed by atoms with E-state index in [0.717, 1.165) is 0 Å². The summed E-state index contributed by atoms with van der Waals surface area (Å²) in [5, 5.41) is 18.1. The van der Waals surface area contributed by atoms with E-state index in [-0.39, 0.29) is 44.2 Å². The van der Waals surface area contributed by atoms with Crippen LogP contribution in [0.15, 0.2) is 60.7 Å². The third kappa shape index (κ3) is 7.73. The van der Waals surface area contributed by atoms with Gasteiger partial charge in [-0.1, -0.05) is 6.92 Å². The van der Waals surface area contributed by atoms with Crippen LogP contribution in [-0.4, -0.2) is 78.6 Å². The first-order valence-electron chi connectivity index (χ1n) is 14.5. The van der Waals surface area contributed by atoms with Crippen molar-refractivity contribution in [1.29, 1.82) is 0 Å². The lowest BCUT2D eigenvalue weighted by molar-refractivity contribution is -0.134. The van der Waals surface area contributed by atoms with Gasteiger partial charge in [-0.15, -0.1) is 0 Å². The number of benzene rings is 3. The molecule has 5 rings (SSSR count). The number of aliphatic hydroxyl groups is 1. The monoisotopic (exact) mass is 621 g/mol. The molecule has 13 heteroatoms. The van der Waals surface area contributed by atoms with Gasteiger partial charge >= 0.3 is 12.1 Å². The Labute approximate surface area is 260 Å². The Bertz CT molecular complexity index is 1550. The van der Waals surface area contributed by atoms with Crippen LogP contribution in [0.25, 0.3) is 0 Å². The molecule has 12 nitrogen and oxygen atoms in total. The second-order valence-electron chi connectivity index (χ2n) is 11.2. The Kier molecular flexibility index (Phi) is 9.57. The van der Waals surface area contributed by atoms with Crippen molar-refractivity contribution in [1.82, 2.24) is 9.80 Å². The van der Waals surface area contributed by atoms with Crippen molar-refractivity contribution in [2.24, 2.45) is 5.92 Å². The number of hydrogen-bond donors (Lipinski definition) is 4. The molecule has 3 aromatic carbocycles. The van der Waals surface area contributed by atoms with Crippen LogP contribution in [0, 0.1) is 11.7 Å². The maximum atomic E-state index is 13.5. The molecule has 0 spiro atoms. The van der Waals surface area contributed by atoms with Gasteiger partial charge in [-0.05, 0) is 61.5 Å². The fourth-order valence-electron chi connectivity index (χ4n) is 5.10. The smallest absolute Gasteiger partial charge is 0.323 e. The maximum Gasteiger partial charge on any atom is 0.323 e. The fraction of sp³-hybridized carbons (Fsp3) is 0.344. The lowest BCUT2D eigenvalue weighted by atomic mass is 10.0. The van der Waals surface area contributed by atoms with E-state index in [9.17, 15) is 23.9 Å². The Balaban J connectivity index is 1.33. The van der Waals surface area contributed by atoms with E-state index in [1.165, 1.54) is 29.2 Å². The summed E-state index contributed by atoms with van der Waals surface area (Å²) in [7, 11) is 1.65. The predicted molar refractivity (Wildman–Crippen MR) is 165 cm³/mol. The molecule has 3 aromatic rings. The molecule has 45 heavy (non-hydrogen) atoms. The van der Waals surface area contributed by atoms with Crippen LogP contribution < -0.4 is 30.2 Å². The van der Waals surface area contributed by atoms with Gasteiger partial charge in [0.25, 0.3) is 0 Å². The SMILES string of the molecule is C[C@@H]1CN([C@@H](C)CO)C(=O)Cc2cc(NC(=O)Nc3ccc(F)cc3)ccc2O[C@H]1CN(C)C(=O)Nc1ccc2c(c1)OCO2. The zero-order valence-electron chi connectivity index (χ0n) is 25.2. The van der Waals surface area contributed by atoms with Crippen LogP contribution >= 0.6 is 0 Å². The van der Waals surface area contributed by atoms with Gasteiger partial charge in [0.05, 0.1) is 25.6 Å². The van der Waals surface area contributed by atoms with Gasteiger partial charge in [0, 0.05) is 48.2 Å². The lowest BCUT2D eigenvalue weighted by Gasteiger charge is -2.34. The van der Waals surface area contributed by atoms with Crippen LogP contribution in [0.4, 0.5) is 31.0 Å². The second-order valence-corrected chi connectivity index (χ2v) is 11.2. The minimum Gasteiger partial charge on any atom is -0.488 e. The highest BCUT2D eigenvalue weighted by Crippen LogP contribution is 2.34. The largest absolute Gasteiger partial charge is 0.488 e. The van der Waals surface area contributed by atoms with Crippen molar-refractivity contribution < 1.29 is 38.1 Å². The molecule has 5 amide bonds. The summed E-state index contributed by atoms with van der Waals surface area (Å²) < 4.78 is 30.4. The zero-order valence-corrected chi connectivity index (χ0v) is 25.2. The molecule has 0 saturated carbocycles. The Morgan fingerprint density at radius 1 is 0.978 bits per heavy atom. The molecule has 0 fully saturated rings. The first-order chi connectivity index (χ1) is 21.6. The number of carbonyl (C=O) groups is 3. The first-order valence-corrected chi connectivity index (χ1v) is 14.5. The maximum absolute atomic E-state index is 13.5. The van der Waals surface area contributed by atoms with E-state index >= 15 is 0 Å². The third-order valence-electron chi connectivity index (χ3n) is 7.70. The van der Waals surface area contributed by atoms with Gasteiger partial charge in [0.2, 0.25) is 12.7 Å². The molecule has 238 valence electrons. The number of nitrogens with one attached hydrogen (secondary N) is 3. The van der Waals surface area contributed by atoms with Gasteiger partial charge < -0.3 is 45.1 Å². The molecule has 0 aromatic heterocycles. The van der Waals surface area contributed by atoms with Gasteiger partial charge in [-0.3, -0.25) is 4.79 Å². The van der Waals surface area contributed by atoms with Crippen LogP contribution in [-0.2, 0) is 11.2 Å². The summed E-state index contributed by atoms with van der Waals surface area (Å²) in [5.41, 5.74) is 1.89. The number of hydrogen-bond acceptors (Lipinski definition) is 7. The van der Waals surface area contributed by atoms with E-state index in [1.807, 2.05) is 6.92 Å². The average Bonchev–Trinajstić information content (AvgIpc) is 3.50. The van der Waals surface area contributed by atoms with E-state index < -0.39 is 24.0 Å². The van der Waals surface area contributed by atoms with Crippen molar-refractivity contribution in [2.45, 2.75) is 32.4 Å². The Morgan fingerprint density at radius 3 is 2.36 bits per heavy atom. The molecular weight excluding hydrogens is 585 g/mol. The molecule has 0 saturated heterocycles. The van der Waals surface area contributed by atoms with Gasteiger partial charge in [0.15, 0.2) is 11.5 Å². The quantitative estimate of drug-likeness (QED) is 0.304. The van der Waals surface area contributed by atoms with Crippen LogP contribution in [0.1, 0.15) is 19.4 Å². The highest BCUT2D eigenvalue weighted by Gasteiger charge is 2.32. The van der Waals surface area contributed by atoms with Crippen molar-refractivity contribution in [2.75, 3.05) is 49.5 Å². The molecule has 2 aliphatic rings. The molecule has 2 aliphatic heterocycles. The molecule has 0 aliphatic carbocycles. The minimum atomic E-state index is -0.547. The average molecular weight is 622 g/mol. The van der Waals surface area contributed by atoms with Crippen molar-refractivity contribution in [3.63, 3.8) is 0 Å². The van der Waals surface area contributed by atoms with Crippen molar-refractivity contribution >= 4 is 35.0 Å². The summed E-state index contributed by atoms with van der Waals surface area (Å²) in [6.07, 6.45) is -0.564. The lowest BCUT2D eigenvalue weighted by Crippen LogP contribution is -2.48. The van der Waals surface area contributed by atoms with Crippen molar-refractivity contribution in [3.8, 4) is 17.2 Å². The fourth-order valence-corrected chi connectivity index (χ4v) is 5.10. The number of urea groups is 2. The number of amides is 5. The number of aliphatic hydroxyl groups excluding tert-OH is 1. The van der Waals surface area contributed by atoms with E-state index in [4.69, 9.17) is 14.2 Å². The number of rotatable bonds is 7. The number of halogens is 1. The standard InChI is InChI=1S/C32H36FN5O7/c1-19-15-38(20(2)17-39)30(40)13-21-12-24(35-31(41)34-23-6-4-22(33)5-7-23)8-10-26(21)45-29(19)16-37(3)32(42)36-25-9-11-27-28(14-25)44-18-43-27/h4-12,14,19-20,29,39H,13,15-18H2,1-3H3,(H,36,42)(H2,34,35,41)/t19-,20+,29+/m1/s1. The van der Waals surface area contributed by atoms with Crippen LogP contribution in [0.5, 0.6) is 17.2 Å². The summed E-state index contributed by atoms with van der Waals surface area (Å²) in [6, 6.07) is 14.1. The number of carbonyl (C=O) groups excluding carboxylic acids is 3. The third-order valence-corrected chi connectivity index (χ3v) is 7.70. The Morgan fingerprint density at radius 2 is 1.62 bits per heavy atom. The summed E-state index contributed by atoms with van der Waals surface area (Å²) in [5.74, 6) is 0.732. The topological polar surface area (TPSA) is 142 Å². The summed E-state index contributed by atoms with van der Waals surface area (Å²) >= 11 is 0. The molecular formula is C32H36FN5O7. The zero-order chi connectivity index (χ0) is 32.1. The van der Waals surface area contributed by atoms with Crippen LogP contribution in [0.3, 0.4) is 0 Å². The predicted octanol–water partition coefficient (Wildman–Crippen LogP) is 4.51. The number of ether oxygens (including phenoxy) is 3. The molecule has 0 unspecified atom stereocenters. The molecule has 2 heterocycles. The molecule has 0 radical (unpaired) electrons. The van der Waals surface area contributed by atoms with Gasteiger partial charge in [0.1, 0.15) is 17.7 Å². The van der Waals surface area contributed by atoms with E-state index in [0.29, 0.717) is 46.4 Å². The molecule has 0 bridgehead atoms. The van der Waals surface area contributed by atoms with Crippen molar-refractivity contribution in [3.05, 3.63) is 72.0 Å². The van der Waals surface area contributed by atoms with Gasteiger partial charge in [-0.2, -0.15) is 0 Å². The highest BCUT2D eigenvalue weighted by molar-refractivity contribution is 6.00.